The molecule has 0 aromatic rings. The molecular weight excluding hydrogens is 224 g/mol. The number of hydrogen-bond acceptors (Lipinski definition) is 5. The second kappa shape index (κ2) is 3.57. The van der Waals surface area contributed by atoms with Crippen LogP contribution in [0.25, 0.3) is 0 Å². The molecule has 3 aliphatic carbocycles. The predicted octanol–water partition coefficient (Wildman–Crippen LogP) is 0.436. The zero-order chi connectivity index (χ0) is 12.2. The van der Waals surface area contributed by atoms with Gasteiger partial charge in [0.1, 0.15) is 0 Å². The lowest BCUT2D eigenvalue weighted by atomic mass is 9.67. The first-order valence-corrected chi connectivity index (χ1v) is 5.75. The van der Waals surface area contributed by atoms with Crippen molar-refractivity contribution in [2.45, 2.75) is 25.0 Å². The van der Waals surface area contributed by atoms with E-state index in [1.54, 1.807) is 0 Å². The summed E-state index contributed by atoms with van der Waals surface area (Å²) in [5, 5.41) is 0. The summed E-state index contributed by atoms with van der Waals surface area (Å²) in [5.74, 6) is -0.832. The molecule has 2 bridgehead atoms. The van der Waals surface area contributed by atoms with Crippen molar-refractivity contribution in [3.63, 3.8) is 0 Å². The summed E-state index contributed by atoms with van der Waals surface area (Å²) in [5.41, 5.74) is 0.962. The molecule has 4 rings (SSSR count). The number of epoxide rings is 1. The number of carbonyl (C=O) groups excluding carboxylic acids is 2. The fourth-order valence-corrected chi connectivity index (χ4v) is 3.23. The lowest BCUT2D eigenvalue weighted by molar-refractivity contribution is -0.141. The van der Waals surface area contributed by atoms with Gasteiger partial charge in [-0.3, -0.25) is 0 Å². The molecule has 0 unspecified atom stereocenters. The molecule has 17 heavy (non-hydrogen) atoms. The van der Waals surface area contributed by atoms with Gasteiger partial charge in [-0.1, -0.05) is 0 Å². The standard InChI is InChI=1S/C12H14O5/c1-15-11(13)7-5-3-4-6(10-9(5)17-10)8(7)12(14)16-2/h5-6,9-10H,3-4H2,1-2H3/t5-,6+,9-,10+. The third-order valence-corrected chi connectivity index (χ3v) is 3.99. The van der Waals surface area contributed by atoms with Crippen LogP contribution in [0, 0.1) is 11.8 Å². The fourth-order valence-electron chi connectivity index (χ4n) is 3.23. The van der Waals surface area contributed by atoms with Crippen LogP contribution in [-0.2, 0) is 23.8 Å². The molecule has 2 fully saturated rings. The van der Waals surface area contributed by atoms with E-state index in [4.69, 9.17) is 14.2 Å². The van der Waals surface area contributed by atoms with Crippen molar-refractivity contribution >= 4 is 11.9 Å². The summed E-state index contributed by atoms with van der Waals surface area (Å²) in [6.45, 7) is 0. The Balaban J connectivity index is 2.07. The van der Waals surface area contributed by atoms with Gasteiger partial charge in [0.2, 0.25) is 0 Å². The molecule has 1 saturated carbocycles. The smallest absolute Gasteiger partial charge is 0.334 e. The monoisotopic (exact) mass is 238 g/mol. The minimum atomic E-state index is -0.422. The van der Waals surface area contributed by atoms with Gasteiger partial charge in [0.25, 0.3) is 0 Å². The van der Waals surface area contributed by atoms with Crippen LogP contribution in [0.1, 0.15) is 12.8 Å². The first kappa shape index (κ1) is 10.8. The topological polar surface area (TPSA) is 65.1 Å². The van der Waals surface area contributed by atoms with Crippen LogP contribution in [0.15, 0.2) is 11.1 Å². The van der Waals surface area contributed by atoms with Crippen LogP contribution >= 0.6 is 0 Å². The molecular formula is C12H14O5. The number of carbonyl (C=O) groups is 2. The van der Waals surface area contributed by atoms with Gasteiger partial charge in [-0.25, -0.2) is 9.59 Å². The molecule has 4 atom stereocenters. The van der Waals surface area contributed by atoms with Crippen LogP contribution < -0.4 is 0 Å². The Morgan fingerprint density at radius 2 is 1.41 bits per heavy atom. The molecule has 92 valence electrons. The lowest BCUT2D eigenvalue weighted by Crippen LogP contribution is -2.39. The third kappa shape index (κ3) is 1.35. The average molecular weight is 238 g/mol. The molecule has 1 saturated heterocycles. The SMILES string of the molecule is COC(=O)C1=C(C(=O)OC)[C@@H]2CC[C@H]1[C@H]1O[C@H]12. The maximum Gasteiger partial charge on any atom is 0.334 e. The number of esters is 2. The van der Waals surface area contributed by atoms with Crippen molar-refractivity contribution in [1.29, 1.82) is 0 Å². The normalized spacial score (nSPS) is 37.5. The van der Waals surface area contributed by atoms with Gasteiger partial charge < -0.3 is 14.2 Å². The Kier molecular flexibility index (Phi) is 2.26. The summed E-state index contributed by atoms with van der Waals surface area (Å²) in [7, 11) is 2.66. The van der Waals surface area contributed by atoms with Gasteiger partial charge in [-0.2, -0.15) is 0 Å². The summed E-state index contributed by atoms with van der Waals surface area (Å²) in [4.78, 5) is 23.6. The van der Waals surface area contributed by atoms with Gasteiger partial charge in [0.15, 0.2) is 0 Å². The molecule has 0 amide bonds. The maximum atomic E-state index is 11.8. The Morgan fingerprint density at radius 3 is 1.76 bits per heavy atom. The van der Waals surface area contributed by atoms with Crippen molar-refractivity contribution < 1.29 is 23.8 Å². The van der Waals surface area contributed by atoms with Gasteiger partial charge in [-0.15, -0.1) is 0 Å². The van der Waals surface area contributed by atoms with E-state index in [2.05, 4.69) is 0 Å². The van der Waals surface area contributed by atoms with Crippen molar-refractivity contribution in [2.24, 2.45) is 11.8 Å². The van der Waals surface area contributed by atoms with Crippen molar-refractivity contribution in [3.8, 4) is 0 Å². The molecule has 5 heteroatoms. The Bertz CT molecular complexity index is 387. The van der Waals surface area contributed by atoms with Crippen LogP contribution in [-0.4, -0.2) is 38.4 Å². The zero-order valence-electron chi connectivity index (χ0n) is 9.76. The van der Waals surface area contributed by atoms with Crippen molar-refractivity contribution in [3.05, 3.63) is 11.1 Å². The number of rotatable bonds is 2. The largest absolute Gasteiger partial charge is 0.466 e. The molecule has 4 aliphatic rings. The molecule has 0 radical (unpaired) electrons. The Morgan fingerprint density at radius 1 is 1.00 bits per heavy atom. The quantitative estimate of drug-likeness (QED) is 0.516. The van der Waals surface area contributed by atoms with E-state index in [1.807, 2.05) is 0 Å². The van der Waals surface area contributed by atoms with Crippen LogP contribution in [0.3, 0.4) is 0 Å². The highest BCUT2D eigenvalue weighted by molar-refractivity contribution is 6.02. The molecule has 0 spiro atoms. The van der Waals surface area contributed by atoms with Gasteiger partial charge >= 0.3 is 11.9 Å². The summed E-state index contributed by atoms with van der Waals surface area (Å²) >= 11 is 0. The maximum absolute atomic E-state index is 11.8. The fraction of sp³-hybridized carbons (Fsp3) is 0.667. The summed E-state index contributed by atoms with van der Waals surface area (Å²) in [6.07, 6.45) is 1.99. The Hall–Kier alpha value is -1.36. The van der Waals surface area contributed by atoms with E-state index in [9.17, 15) is 9.59 Å². The zero-order valence-corrected chi connectivity index (χ0v) is 9.76. The first-order valence-electron chi connectivity index (χ1n) is 5.75. The van der Waals surface area contributed by atoms with Gasteiger partial charge in [0.05, 0.1) is 37.6 Å². The van der Waals surface area contributed by atoms with Crippen LogP contribution in [0.4, 0.5) is 0 Å². The number of hydrogen-bond donors (Lipinski definition) is 0. The molecule has 0 aromatic heterocycles. The predicted molar refractivity (Wildman–Crippen MR) is 55.9 cm³/mol. The van der Waals surface area contributed by atoms with Crippen molar-refractivity contribution in [1.82, 2.24) is 0 Å². The van der Waals surface area contributed by atoms with E-state index < -0.39 is 11.9 Å². The average Bonchev–Trinajstić information content (AvgIpc) is 3.17. The molecule has 0 aromatic carbocycles. The van der Waals surface area contributed by atoms with Crippen molar-refractivity contribution in [2.75, 3.05) is 14.2 Å². The van der Waals surface area contributed by atoms with Crippen LogP contribution in [0.5, 0.6) is 0 Å². The van der Waals surface area contributed by atoms with E-state index in [1.165, 1.54) is 14.2 Å². The highest BCUT2D eigenvalue weighted by Gasteiger charge is 2.61. The van der Waals surface area contributed by atoms with Crippen LogP contribution in [0.2, 0.25) is 0 Å². The first-order chi connectivity index (χ1) is 8.19. The minimum Gasteiger partial charge on any atom is -0.466 e. The third-order valence-electron chi connectivity index (χ3n) is 3.99. The summed E-state index contributed by atoms with van der Waals surface area (Å²) in [6, 6.07) is 0. The molecule has 0 N–H and O–H groups in total. The second-order valence-electron chi connectivity index (χ2n) is 4.67. The van der Waals surface area contributed by atoms with E-state index in [-0.39, 0.29) is 24.0 Å². The second-order valence-corrected chi connectivity index (χ2v) is 4.67. The van der Waals surface area contributed by atoms with E-state index >= 15 is 0 Å². The molecule has 5 nitrogen and oxygen atoms in total. The lowest BCUT2D eigenvalue weighted by Gasteiger charge is -2.34. The van der Waals surface area contributed by atoms with Gasteiger partial charge in [-0.05, 0) is 12.8 Å². The minimum absolute atomic E-state index is 0.00606. The summed E-state index contributed by atoms with van der Waals surface area (Å²) < 4.78 is 15.1. The molecule has 1 aliphatic heterocycles. The number of methoxy groups -OCH3 is 2. The van der Waals surface area contributed by atoms with E-state index in [0.717, 1.165) is 12.8 Å². The molecule has 1 heterocycles. The number of fused-ring (bicyclic) bond motifs is 1. The highest BCUT2D eigenvalue weighted by atomic mass is 16.6. The van der Waals surface area contributed by atoms with E-state index in [0.29, 0.717) is 11.1 Å². The van der Waals surface area contributed by atoms with Gasteiger partial charge in [0, 0.05) is 11.8 Å². The highest BCUT2D eigenvalue weighted by Crippen LogP contribution is 2.55. The Labute approximate surface area is 98.7 Å². The number of ether oxygens (including phenoxy) is 3.